The summed E-state index contributed by atoms with van der Waals surface area (Å²) in [6.07, 6.45) is 1.57. The van der Waals surface area contributed by atoms with Crippen LogP contribution in [-0.2, 0) is 11.2 Å². The molecule has 17 heavy (non-hydrogen) atoms. The first-order valence-corrected chi connectivity index (χ1v) is 6.87. The summed E-state index contributed by atoms with van der Waals surface area (Å²) in [5.41, 5.74) is 5.88. The molecule has 1 saturated heterocycles. The highest BCUT2D eigenvalue weighted by atomic mass is 32.1. The van der Waals surface area contributed by atoms with Gasteiger partial charge in [0.2, 0.25) is 5.91 Å². The number of likely N-dealkylation sites (tertiary alicyclic amines) is 1. The highest BCUT2D eigenvalue weighted by Crippen LogP contribution is 2.29. The van der Waals surface area contributed by atoms with Crippen LogP contribution in [0.2, 0.25) is 0 Å². The van der Waals surface area contributed by atoms with Crippen LogP contribution >= 0.6 is 11.3 Å². The second-order valence-electron chi connectivity index (χ2n) is 5.27. The zero-order valence-electron chi connectivity index (χ0n) is 10.5. The average molecular weight is 252 g/mol. The van der Waals surface area contributed by atoms with Gasteiger partial charge in [-0.1, -0.05) is 6.92 Å². The van der Waals surface area contributed by atoms with Crippen LogP contribution in [0.4, 0.5) is 0 Å². The molecule has 0 aliphatic carbocycles. The molecule has 0 aromatic carbocycles. The topological polar surface area (TPSA) is 46.3 Å². The van der Waals surface area contributed by atoms with E-state index < -0.39 is 0 Å². The molecule has 0 radical (unpaired) electrons. The minimum Gasteiger partial charge on any atom is -0.342 e. The van der Waals surface area contributed by atoms with Crippen molar-refractivity contribution in [2.24, 2.45) is 11.1 Å². The monoisotopic (exact) mass is 252 g/mol. The van der Waals surface area contributed by atoms with E-state index in [0.29, 0.717) is 13.0 Å². The number of thiophene rings is 1. The van der Waals surface area contributed by atoms with Gasteiger partial charge in [0.1, 0.15) is 0 Å². The molecule has 0 saturated carbocycles. The van der Waals surface area contributed by atoms with Gasteiger partial charge in [-0.25, -0.2) is 0 Å². The van der Waals surface area contributed by atoms with Gasteiger partial charge in [-0.15, -0.1) is 11.3 Å². The van der Waals surface area contributed by atoms with Gasteiger partial charge in [-0.05, 0) is 37.4 Å². The van der Waals surface area contributed by atoms with E-state index in [4.69, 9.17) is 5.73 Å². The molecular weight excluding hydrogens is 232 g/mol. The molecule has 0 bridgehead atoms. The fourth-order valence-corrected chi connectivity index (χ4v) is 3.13. The summed E-state index contributed by atoms with van der Waals surface area (Å²) in [5.74, 6) is 0.240. The number of hydrogen-bond acceptors (Lipinski definition) is 3. The van der Waals surface area contributed by atoms with Gasteiger partial charge >= 0.3 is 0 Å². The molecule has 94 valence electrons. The van der Waals surface area contributed by atoms with Crippen LogP contribution in [0.25, 0.3) is 0 Å². The second-order valence-corrected chi connectivity index (χ2v) is 6.64. The van der Waals surface area contributed by atoms with Crippen molar-refractivity contribution in [1.82, 2.24) is 4.90 Å². The van der Waals surface area contributed by atoms with Crippen molar-refractivity contribution in [3.8, 4) is 0 Å². The Bertz CT molecular complexity index is 415. The molecule has 1 unspecified atom stereocenters. The summed E-state index contributed by atoms with van der Waals surface area (Å²) < 4.78 is 0. The van der Waals surface area contributed by atoms with Crippen molar-refractivity contribution < 1.29 is 4.79 Å². The molecule has 1 aromatic rings. The zero-order chi connectivity index (χ0) is 12.5. The largest absolute Gasteiger partial charge is 0.342 e. The van der Waals surface area contributed by atoms with E-state index >= 15 is 0 Å². The smallest absolute Gasteiger partial charge is 0.227 e. The number of nitrogens with two attached hydrogens (primary N) is 1. The normalized spacial score (nSPS) is 24.3. The molecule has 4 heteroatoms. The fraction of sp³-hybridized carbons (Fsp3) is 0.615. The van der Waals surface area contributed by atoms with Crippen LogP contribution in [0.5, 0.6) is 0 Å². The van der Waals surface area contributed by atoms with E-state index in [1.807, 2.05) is 4.90 Å². The lowest BCUT2D eigenvalue weighted by molar-refractivity contribution is -0.129. The van der Waals surface area contributed by atoms with Gasteiger partial charge in [0.25, 0.3) is 0 Å². The molecule has 1 amide bonds. The highest BCUT2D eigenvalue weighted by molar-refractivity contribution is 7.12. The number of nitrogens with zero attached hydrogens (tertiary/aromatic N) is 1. The van der Waals surface area contributed by atoms with Crippen LogP contribution in [0.15, 0.2) is 12.1 Å². The van der Waals surface area contributed by atoms with Gasteiger partial charge in [0, 0.05) is 22.8 Å². The third-order valence-corrected chi connectivity index (χ3v) is 4.53. The highest BCUT2D eigenvalue weighted by Gasteiger charge is 2.34. The number of carbonyl (C=O) groups is 1. The molecule has 3 nitrogen and oxygen atoms in total. The Morgan fingerprint density at radius 2 is 2.35 bits per heavy atom. The van der Waals surface area contributed by atoms with Crippen LogP contribution in [0.1, 0.15) is 23.1 Å². The summed E-state index contributed by atoms with van der Waals surface area (Å²) in [7, 11) is 0. The summed E-state index contributed by atoms with van der Waals surface area (Å²) in [6, 6.07) is 4.12. The number of carbonyl (C=O) groups excluding carboxylic acids is 1. The molecule has 1 aromatic heterocycles. The lowest BCUT2D eigenvalue weighted by Crippen LogP contribution is -2.35. The minimum atomic E-state index is 0.126. The third kappa shape index (κ3) is 2.87. The first kappa shape index (κ1) is 12.6. The van der Waals surface area contributed by atoms with Crippen molar-refractivity contribution in [2.45, 2.75) is 26.7 Å². The Morgan fingerprint density at radius 1 is 1.59 bits per heavy atom. The summed E-state index contributed by atoms with van der Waals surface area (Å²) in [4.78, 5) is 16.5. The minimum absolute atomic E-state index is 0.126. The maximum Gasteiger partial charge on any atom is 0.227 e. The number of amides is 1. The van der Waals surface area contributed by atoms with E-state index in [2.05, 4.69) is 26.0 Å². The molecule has 1 fully saturated rings. The van der Waals surface area contributed by atoms with Gasteiger partial charge in [-0.2, -0.15) is 0 Å². The van der Waals surface area contributed by atoms with Gasteiger partial charge in [0.05, 0.1) is 6.42 Å². The van der Waals surface area contributed by atoms with Gasteiger partial charge < -0.3 is 10.6 Å². The van der Waals surface area contributed by atoms with Crippen LogP contribution in [-0.4, -0.2) is 30.4 Å². The van der Waals surface area contributed by atoms with E-state index in [-0.39, 0.29) is 11.3 Å². The van der Waals surface area contributed by atoms with Crippen LogP contribution in [0, 0.1) is 12.3 Å². The zero-order valence-corrected chi connectivity index (χ0v) is 11.3. The predicted molar refractivity (Wildman–Crippen MR) is 71.1 cm³/mol. The molecule has 1 atom stereocenters. The van der Waals surface area contributed by atoms with E-state index in [0.717, 1.165) is 24.4 Å². The Balaban J connectivity index is 1.94. The lowest BCUT2D eigenvalue weighted by atomic mass is 9.90. The lowest BCUT2D eigenvalue weighted by Gasteiger charge is -2.22. The molecule has 2 N–H and O–H groups in total. The molecular formula is C13H20N2OS. The quantitative estimate of drug-likeness (QED) is 0.891. The Labute approximate surface area is 107 Å². The van der Waals surface area contributed by atoms with E-state index in [1.165, 1.54) is 4.88 Å². The third-order valence-electron chi connectivity index (χ3n) is 3.52. The fourth-order valence-electron chi connectivity index (χ4n) is 2.24. The van der Waals surface area contributed by atoms with Crippen LogP contribution < -0.4 is 5.73 Å². The standard InChI is InChI=1S/C13H20N2OS/c1-10-3-4-11(17-10)7-12(16)15-6-5-13(2,8-14)9-15/h3-4H,5-9,14H2,1-2H3. The first-order valence-electron chi connectivity index (χ1n) is 6.06. The Morgan fingerprint density at radius 3 is 2.88 bits per heavy atom. The van der Waals surface area contributed by atoms with Gasteiger partial charge in [0.15, 0.2) is 0 Å². The van der Waals surface area contributed by atoms with Crippen molar-refractivity contribution in [3.05, 3.63) is 21.9 Å². The van der Waals surface area contributed by atoms with Crippen molar-refractivity contribution in [1.29, 1.82) is 0 Å². The average Bonchev–Trinajstić information content (AvgIpc) is 2.86. The Kier molecular flexibility index (Phi) is 3.54. The number of rotatable bonds is 3. The number of aryl methyl sites for hydroxylation is 1. The summed E-state index contributed by atoms with van der Waals surface area (Å²) in [6.45, 7) is 6.56. The summed E-state index contributed by atoms with van der Waals surface area (Å²) in [5, 5.41) is 0. The van der Waals surface area contributed by atoms with Crippen molar-refractivity contribution in [3.63, 3.8) is 0 Å². The van der Waals surface area contributed by atoms with Crippen LogP contribution in [0.3, 0.4) is 0 Å². The van der Waals surface area contributed by atoms with Gasteiger partial charge in [-0.3, -0.25) is 4.79 Å². The maximum atomic E-state index is 12.1. The molecule has 0 spiro atoms. The molecule has 2 rings (SSSR count). The maximum absolute atomic E-state index is 12.1. The van der Waals surface area contributed by atoms with Crippen molar-refractivity contribution in [2.75, 3.05) is 19.6 Å². The second kappa shape index (κ2) is 4.78. The SMILES string of the molecule is Cc1ccc(CC(=O)N2CCC(C)(CN)C2)s1. The molecule has 1 aliphatic rings. The summed E-state index contributed by atoms with van der Waals surface area (Å²) >= 11 is 1.71. The number of hydrogen-bond donors (Lipinski definition) is 1. The first-order chi connectivity index (χ1) is 8.02. The van der Waals surface area contributed by atoms with E-state index in [1.54, 1.807) is 11.3 Å². The molecule has 1 aliphatic heterocycles. The predicted octanol–water partition coefficient (Wildman–Crippen LogP) is 1.80. The molecule has 2 heterocycles. The van der Waals surface area contributed by atoms with Crippen molar-refractivity contribution >= 4 is 17.2 Å². The Hall–Kier alpha value is -0.870. The van der Waals surface area contributed by atoms with E-state index in [9.17, 15) is 4.79 Å².